The van der Waals surface area contributed by atoms with Gasteiger partial charge >= 0.3 is 0 Å². The number of benzene rings is 3. The lowest BCUT2D eigenvalue weighted by molar-refractivity contribution is -0.384. The molecule has 3 aromatic rings. The number of hydrogen-bond acceptors (Lipinski definition) is 5. The summed E-state index contributed by atoms with van der Waals surface area (Å²) < 4.78 is 0. The standard InChI is InChI=1S/C26H26N4O2/c31-30(32)23-14-8-7-13-22(23)27-28-25-21-15-17-29(18-16-21)26(25)24(19-9-3-1-4-10-19)20-11-5-2-6-12-20/h1-14,21,24-26H,15-18H2. The van der Waals surface area contributed by atoms with E-state index in [0.717, 1.165) is 25.9 Å². The monoisotopic (exact) mass is 426 g/mol. The molecule has 2 bridgehead atoms. The van der Waals surface area contributed by atoms with Crippen molar-refractivity contribution in [2.75, 3.05) is 13.1 Å². The van der Waals surface area contributed by atoms with Crippen LogP contribution in [0.4, 0.5) is 11.4 Å². The number of nitrogens with zero attached hydrogens (tertiary/aromatic N) is 4. The molecule has 0 spiro atoms. The fraction of sp³-hybridized carbons (Fsp3) is 0.308. The molecule has 2 unspecified atom stereocenters. The van der Waals surface area contributed by atoms with Gasteiger partial charge in [-0.25, -0.2) is 0 Å². The second-order valence-electron chi connectivity index (χ2n) is 8.61. The number of rotatable bonds is 6. The van der Waals surface area contributed by atoms with Gasteiger partial charge in [-0.15, -0.1) is 5.11 Å². The number of para-hydroxylation sites is 1. The molecule has 162 valence electrons. The minimum absolute atomic E-state index is 0.00302. The predicted molar refractivity (Wildman–Crippen MR) is 124 cm³/mol. The van der Waals surface area contributed by atoms with Gasteiger partial charge in [0, 0.05) is 18.0 Å². The molecule has 0 aromatic heterocycles. The van der Waals surface area contributed by atoms with Gasteiger partial charge in [-0.3, -0.25) is 15.0 Å². The van der Waals surface area contributed by atoms with Crippen LogP contribution in [0, 0.1) is 16.0 Å². The summed E-state index contributed by atoms with van der Waals surface area (Å²) in [6.07, 6.45) is 2.18. The summed E-state index contributed by atoms with van der Waals surface area (Å²) >= 11 is 0. The van der Waals surface area contributed by atoms with Crippen molar-refractivity contribution in [3.63, 3.8) is 0 Å². The van der Waals surface area contributed by atoms with Crippen molar-refractivity contribution in [2.24, 2.45) is 16.1 Å². The first-order valence-electron chi connectivity index (χ1n) is 11.2. The van der Waals surface area contributed by atoms with Gasteiger partial charge in [0.25, 0.3) is 5.69 Å². The molecule has 6 heteroatoms. The Kier molecular flexibility index (Phi) is 5.77. The van der Waals surface area contributed by atoms with Crippen LogP contribution in [-0.4, -0.2) is 35.0 Å². The molecule has 32 heavy (non-hydrogen) atoms. The summed E-state index contributed by atoms with van der Waals surface area (Å²) in [5.41, 5.74) is 2.85. The molecule has 3 aromatic carbocycles. The Hall–Kier alpha value is -3.38. The summed E-state index contributed by atoms with van der Waals surface area (Å²) in [5, 5.41) is 20.7. The van der Waals surface area contributed by atoms with Crippen molar-refractivity contribution < 1.29 is 4.92 Å². The molecule has 0 amide bonds. The summed E-state index contributed by atoms with van der Waals surface area (Å²) in [5.74, 6) is 0.599. The van der Waals surface area contributed by atoms with Gasteiger partial charge in [0.2, 0.25) is 0 Å². The molecule has 3 saturated heterocycles. The van der Waals surface area contributed by atoms with E-state index >= 15 is 0 Å². The highest BCUT2D eigenvalue weighted by Gasteiger charge is 2.47. The van der Waals surface area contributed by atoms with Gasteiger partial charge in [0.05, 0.1) is 11.0 Å². The normalized spacial score (nSPS) is 24.8. The third-order valence-corrected chi connectivity index (χ3v) is 6.86. The molecule has 0 N–H and O–H groups in total. The number of hydrogen-bond donors (Lipinski definition) is 0. The van der Waals surface area contributed by atoms with E-state index in [1.165, 1.54) is 17.2 Å². The average molecular weight is 427 g/mol. The maximum Gasteiger partial charge on any atom is 0.296 e. The lowest BCUT2D eigenvalue weighted by Gasteiger charge is -2.52. The molecule has 0 aliphatic carbocycles. The quantitative estimate of drug-likeness (QED) is 0.277. The van der Waals surface area contributed by atoms with Crippen LogP contribution in [0.5, 0.6) is 0 Å². The predicted octanol–water partition coefficient (Wildman–Crippen LogP) is 5.97. The van der Waals surface area contributed by atoms with Crippen LogP contribution in [0.25, 0.3) is 0 Å². The first kappa shape index (κ1) is 20.5. The SMILES string of the molecule is O=[N+]([O-])c1ccccc1N=NC1C2CCN(CC2)C1C(c1ccccc1)c1ccccc1. The van der Waals surface area contributed by atoms with E-state index < -0.39 is 0 Å². The number of nitro benzene ring substituents is 1. The average Bonchev–Trinajstić information content (AvgIpc) is 2.85. The molecule has 2 atom stereocenters. The second kappa shape index (κ2) is 9.01. The van der Waals surface area contributed by atoms with Crippen LogP contribution in [0.15, 0.2) is 95.2 Å². The summed E-state index contributed by atoms with van der Waals surface area (Å²) in [6, 6.07) is 28.0. The summed E-state index contributed by atoms with van der Waals surface area (Å²) in [6.45, 7) is 2.12. The Balaban J connectivity index is 1.56. The molecular formula is C26H26N4O2. The van der Waals surface area contributed by atoms with Crippen molar-refractivity contribution in [3.05, 3.63) is 106 Å². The smallest absolute Gasteiger partial charge is 0.296 e. The van der Waals surface area contributed by atoms with E-state index in [1.54, 1.807) is 18.2 Å². The van der Waals surface area contributed by atoms with Crippen molar-refractivity contribution in [2.45, 2.75) is 30.8 Å². The first-order valence-corrected chi connectivity index (χ1v) is 11.2. The lowest BCUT2D eigenvalue weighted by atomic mass is 9.71. The highest BCUT2D eigenvalue weighted by atomic mass is 16.6. The van der Waals surface area contributed by atoms with E-state index in [9.17, 15) is 10.1 Å². The number of azo groups is 1. The van der Waals surface area contributed by atoms with Gasteiger partial charge in [-0.2, -0.15) is 5.11 Å². The Labute approximate surface area is 187 Å². The third kappa shape index (κ3) is 3.94. The van der Waals surface area contributed by atoms with Crippen molar-refractivity contribution in [1.82, 2.24) is 4.90 Å². The molecule has 6 rings (SSSR count). The Morgan fingerprint density at radius 2 is 1.41 bits per heavy atom. The van der Waals surface area contributed by atoms with E-state index in [0.29, 0.717) is 11.6 Å². The van der Waals surface area contributed by atoms with Crippen LogP contribution in [-0.2, 0) is 0 Å². The molecule has 0 radical (unpaired) electrons. The summed E-state index contributed by atoms with van der Waals surface area (Å²) in [4.78, 5) is 13.6. The molecule has 6 nitrogen and oxygen atoms in total. The molecule has 3 heterocycles. The second-order valence-corrected chi connectivity index (χ2v) is 8.61. The number of fused-ring (bicyclic) bond motifs is 3. The first-order chi connectivity index (χ1) is 15.7. The van der Waals surface area contributed by atoms with E-state index in [2.05, 4.69) is 58.5 Å². The van der Waals surface area contributed by atoms with Crippen LogP contribution in [0.2, 0.25) is 0 Å². The third-order valence-electron chi connectivity index (χ3n) is 6.86. The Bertz CT molecular complexity index is 1060. The van der Waals surface area contributed by atoms with Crippen LogP contribution in [0.1, 0.15) is 29.9 Å². The Morgan fingerprint density at radius 3 is 2.00 bits per heavy atom. The molecule has 0 saturated carbocycles. The zero-order chi connectivity index (χ0) is 21.9. The number of piperidine rings is 3. The Morgan fingerprint density at radius 1 is 0.844 bits per heavy atom. The lowest BCUT2D eigenvalue weighted by Crippen LogP contribution is -2.59. The van der Waals surface area contributed by atoms with Crippen molar-refractivity contribution >= 4 is 11.4 Å². The van der Waals surface area contributed by atoms with Gasteiger partial charge in [-0.05, 0) is 49.0 Å². The zero-order valence-electron chi connectivity index (χ0n) is 17.8. The van der Waals surface area contributed by atoms with E-state index in [1.807, 2.05) is 12.1 Å². The highest BCUT2D eigenvalue weighted by molar-refractivity contribution is 5.56. The van der Waals surface area contributed by atoms with Gasteiger partial charge in [0.15, 0.2) is 5.69 Å². The maximum atomic E-state index is 11.4. The molecule has 3 aliphatic rings. The number of nitro groups is 1. The van der Waals surface area contributed by atoms with Gasteiger partial charge in [0.1, 0.15) is 0 Å². The molecule has 3 aliphatic heterocycles. The minimum atomic E-state index is -0.390. The van der Waals surface area contributed by atoms with Crippen molar-refractivity contribution in [1.29, 1.82) is 0 Å². The van der Waals surface area contributed by atoms with Crippen LogP contribution in [0.3, 0.4) is 0 Å². The van der Waals surface area contributed by atoms with Crippen molar-refractivity contribution in [3.8, 4) is 0 Å². The fourth-order valence-electron chi connectivity index (χ4n) is 5.36. The highest BCUT2D eigenvalue weighted by Crippen LogP contribution is 2.44. The molecule has 3 fully saturated rings. The topological polar surface area (TPSA) is 71.1 Å². The molecular weight excluding hydrogens is 400 g/mol. The summed E-state index contributed by atoms with van der Waals surface area (Å²) in [7, 11) is 0. The van der Waals surface area contributed by atoms with Gasteiger partial charge in [-0.1, -0.05) is 72.8 Å². The largest absolute Gasteiger partial charge is 0.297 e. The van der Waals surface area contributed by atoms with E-state index in [4.69, 9.17) is 5.11 Å². The van der Waals surface area contributed by atoms with Crippen LogP contribution >= 0.6 is 0 Å². The van der Waals surface area contributed by atoms with Gasteiger partial charge < -0.3 is 0 Å². The minimum Gasteiger partial charge on any atom is -0.297 e. The fourth-order valence-corrected chi connectivity index (χ4v) is 5.36. The van der Waals surface area contributed by atoms with Crippen LogP contribution < -0.4 is 0 Å². The zero-order valence-corrected chi connectivity index (χ0v) is 17.8. The van der Waals surface area contributed by atoms with E-state index in [-0.39, 0.29) is 28.6 Å². The maximum absolute atomic E-state index is 11.4.